The molecule has 0 radical (unpaired) electrons. The van der Waals surface area contributed by atoms with Gasteiger partial charge >= 0.3 is 6.18 Å². The molecule has 0 unspecified atom stereocenters. The van der Waals surface area contributed by atoms with Gasteiger partial charge in [0.05, 0.1) is 5.56 Å². The normalized spacial score (nSPS) is 11.5. The van der Waals surface area contributed by atoms with Crippen molar-refractivity contribution in [2.24, 2.45) is 0 Å². The van der Waals surface area contributed by atoms with Gasteiger partial charge in [-0.1, -0.05) is 12.1 Å². The first-order valence-corrected chi connectivity index (χ1v) is 6.29. The fourth-order valence-corrected chi connectivity index (χ4v) is 1.97. The molecule has 0 bridgehead atoms. The average molecular weight is 293 g/mol. The smallest absolute Gasteiger partial charge is 0.398 e. The van der Waals surface area contributed by atoms with Crippen LogP contribution < -0.4 is 5.73 Å². The quantitative estimate of drug-likeness (QED) is 0.668. The summed E-state index contributed by atoms with van der Waals surface area (Å²) >= 11 is 0. The highest BCUT2D eigenvalue weighted by Crippen LogP contribution is 2.32. The molecule has 0 aliphatic heterocycles. The van der Waals surface area contributed by atoms with Gasteiger partial charge in [-0.05, 0) is 49.2 Å². The first kappa shape index (κ1) is 15.1. The van der Waals surface area contributed by atoms with Gasteiger partial charge in [-0.25, -0.2) is 0 Å². The Labute approximate surface area is 120 Å². The lowest BCUT2D eigenvalue weighted by Gasteiger charge is -2.11. The van der Waals surface area contributed by atoms with E-state index >= 15 is 0 Å². The van der Waals surface area contributed by atoms with Crippen LogP contribution in [0.5, 0.6) is 0 Å². The first-order valence-electron chi connectivity index (χ1n) is 6.29. The molecule has 0 aromatic heterocycles. The SMILES string of the molecule is Cc1ccc(C(=O)c2cc(C(F)(F)F)ccc2N)cc1C. The topological polar surface area (TPSA) is 43.1 Å². The maximum atomic E-state index is 12.7. The predicted molar refractivity (Wildman–Crippen MR) is 75.2 cm³/mol. The van der Waals surface area contributed by atoms with Crippen molar-refractivity contribution in [3.8, 4) is 0 Å². The van der Waals surface area contributed by atoms with Crippen molar-refractivity contribution in [3.63, 3.8) is 0 Å². The lowest BCUT2D eigenvalue weighted by Crippen LogP contribution is -2.11. The minimum absolute atomic E-state index is 0.0335. The Morgan fingerprint density at radius 2 is 1.67 bits per heavy atom. The molecule has 0 aliphatic rings. The number of nitrogens with two attached hydrogens (primary N) is 1. The Morgan fingerprint density at radius 3 is 2.24 bits per heavy atom. The molecule has 2 N–H and O–H groups in total. The number of hydrogen-bond donors (Lipinski definition) is 1. The van der Waals surface area contributed by atoms with Crippen LogP contribution in [0.4, 0.5) is 18.9 Å². The van der Waals surface area contributed by atoms with E-state index in [-0.39, 0.29) is 11.3 Å². The number of ketones is 1. The van der Waals surface area contributed by atoms with E-state index in [2.05, 4.69) is 0 Å². The second kappa shape index (κ2) is 5.24. The second-order valence-corrected chi connectivity index (χ2v) is 4.93. The summed E-state index contributed by atoms with van der Waals surface area (Å²) in [7, 11) is 0. The summed E-state index contributed by atoms with van der Waals surface area (Å²) in [6.45, 7) is 3.73. The fraction of sp³-hybridized carbons (Fsp3) is 0.188. The van der Waals surface area contributed by atoms with Crippen molar-refractivity contribution in [1.82, 2.24) is 0 Å². The van der Waals surface area contributed by atoms with E-state index in [0.29, 0.717) is 5.56 Å². The van der Waals surface area contributed by atoms with Crippen LogP contribution in [0.15, 0.2) is 36.4 Å². The van der Waals surface area contributed by atoms with Crippen LogP contribution in [-0.2, 0) is 6.18 Å². The Balaban J connectivity index is 2.50. The zero-order valence-corrected chi connectivity index (χ0v) is 11.6. The highest BCUT2D eigenvalue weighted by molar-refractivity contribution is 6.12. The highest BCUT2D eigenvalue weighted by atomic mass is 19.4. The van der Waals surface area contributed by atoms with Crippen molar-refractivity contribution < 1.29 is 18.0 Å². The van der Waals surface area contributed by atoms with Gasteiger partial charge in [0.1, 0.15) is 0 Å². The van der Waals surface area contributed by atoms with Crippen molar-refractivity contribution >= 4 is 11.5 Å². The number of aryl methyl sites for hydroxylation is 2. The van der Waals surface area contributed by atoms with Gasteiger partial charge in [-0.15, -0.1) is 0 Å². The van der Waals surface area contributed by atoms with Crippen molar-refractivity contribution in [2.45, 2.75) is 20.0 Å². The summed E-state index contributed by atoms with van der Waals surface area (Å²) < 4.78 is 38.2. The number of anilines is 1. The van der Waals surface area contributed by atoms with Crippen LogP contribution in [-0.4, -0.2) is 5.78 Å². The minimum Gasteiger partial charge on any atom is -0.398 e. The molecule has 2 aromatic carbocycles. The molecule has 0 atom stereocenters. The van der Waals surface area contributed by atoms with Gasteiger partial charge in [-0.3, -0.25) is 4.79 Å². The first-order chi connectivity index (χ1) is 9.70. The number of nitrogen functional groups attached to an aromatic ring is 1. The standard InChI is InChI=1S/C16H14F3NO/c1-9-3-4-11(7-10(9)2)15(21)13-8-12(16(17,18)19)5-6-14(13)20/h3-8H,20H2,1-2H3. The lowest BCUT2D eigenvalue weighted by molar-refractivity contribution is -0.137. The Morgan fingerprint density at radius 1 is 1.00 bits per heavy atom. The van der Waals surface area contributed by atoms with E-state index in [1.54, 1.807) is 18.2 Å². The second-order valence-electron chi connectivity index (χ2n) is 4.93. The molecule has 0 saturated heterocycles. The van der Waals surface area contributed by atoms with Crippen LogP contribution in [0.25, 0.3) is 0 Å². The molecule has 0 saturated carbocycles. The molecule has 2 aromatic rings. The Bertz CT molecular complexity index is 705. The average Bonchev–Trinajstić information content (AvgIpc) is 2.40. The van der Waals surface area contributed by atoms with Gasteiger partial charge in [0, 0.05) is 16.8 Å². The molecule has 0 fully saturated rings. The van der Waals surface area contributed by atoms with Gasteiger partial charge in [0.2, 0.25) is 0 Å². The molecule has 5 heteroatoms. The van der Waals surface area contributed by atoms with E-state index in [4.69, 9.17) is 5.73 Å². The summed E-state index contributed by atoms with van der Waals surface area (Å²) in [5.74, 6) is -0.512. The molecule has 21 heavy (non-hydrogen) atoms. The third-order valence-electron chi connectivity index (χ3n) is 3.39. The monoisotopic (exact) mass is 293 g/mol. The number of carbonyl (C=O) groups excluding carboxylic acids is 1. The Hall–Kier alpha value is -2.30. The summed E-state index contributed by atoms with van der Waals surface area (Å²) in [4.78, 5) is 12.4. The summed E-state index contributed by atoms with van der Waals surface area (Å²) in [5, 5.41) is 0. The molecular formula is C16H14F3NO. The molecule has 0 heterocycles. The molecular weight excluding hydrogens is 279 g/mol. The van der Waals surface area contributed by atoms with E-state index in [0.717, 1.165) is 29.3 Å². The molecule has 2 rings (SSSR count). The zero-order chi connectivity index (χ0) is 15.8. The van der Waals surface area contributed by atoms with Crippen LogP contribution in [0.1, 0.15) is 32.6 Å². The van der Waals surface area contributed by atoms with Gasteiger partial charge in [-0.2, -0.15) is 13.2 Å². The maximum Gasteiger partial charge on any atom is 0.416 e. The predicted octanol–water partition coefficient (Wildman–Crippen LogP) is 4.14. The third kappa shape index (κ3) is 3.07. The Kier molecular flexibility index (Phi) is 3.77. The van der Waals surface area contributed by atoms with E-state index in [9.17, 15) is 18.0 Å². The largest absolute Gasteiger partial charge is 0.416 e. The summed E-state index contributed by atoms with van der Waals surface area (Å²) in [6.07, 6.45) is -4.51. The van der Waals surface area contributed by atoms with E-state index in [1.807, 2.05) is 13.8 Å². The lowest BCUT2D eigenvalue weighted by atomic mass is 9.97. The summed E-state index contributed by atoms with van der Waals surface area (Å²) in [5.41, 5.74) is 6.89. The molecule has 0 spiro atoms. The van der Waals surface area contributed by atoms with Crippen molar-refractivity contribution in [2.75, 3.05) is 5.73 Å². The number of rotatable bonds is 2. The molecule has 0 aliphatic carbocycles. The molecule has 0 amide bonds. The number of halogens is 3. The van der Waals surface area contributed by atoms with Gasteiger partial charge in [0.15, 0.2) is 5.78 Å². The van der Waals surface area contributed by atoms with Crippen LogP contribution in [0.3, 0.4) is 0 Å². The van der Waals surface area contributed by atoms with Crippen LogP contribution in [0.2, 0.25) is 0 Å². The fourth-order valence-electron chi connectivity index (χ4n) is 1.97. The van der Waals surface area contributed by atoms with Gasteiger partial charge in [0.25, 0.3) is 0 Å². The number of hydrogen-bond acceptors (Lipinski definition) is 2. The third-order valence-corrected chi connectivity index (χ3v) is 3.39. The maximum absolute atomic E-state index is 12.7. The number of carbonyl (C=O) groups is 1. The van der Waals surface area contributed by atoms with Gasteiger partial charge < -0.3 is 5.73 Å². The highest BCUT2D eigenvalue weighted by Gasteiger charge is 2.31. The summed E-state index contributed by atoms with van der Waals surface area (Å²) in [6, 6.07) is 7.77. The number of benzene rings is 2. The van der Waals surface area contributed by atoms with Crippen molar-refractivity contribution in [3.05, 3.63) is 64.2 Å². The molecule has 110 valence electrons. The number of alkyl halides is 3. The minimum atomic E-state index is -4.51. The van der Waals surface area contributed by atoms with Crippen LogP contribution >= 0.6 is 0 Å². The van der Waals surface area contributed by atoms with Crippen molar-refractivity contribution in [1.29, 1.82) is 0 Å². The molecule has 2 nitrogen and oxygen atoms in total. The van der Waals surface area contributed by atoms with E-state index < -0.39 is 17.5 Å². The van der Waals surface area contributed by atoms with Crippen LogP contribution in [0, 0.1) is 13.8 Å². The zero-order valence-electron chi connectivity index (χ0n) is 11.6. The van der Waals surface area contributed by atoms with E-state index in [1.165, 1.54) is 0 Å².